The SMILES string of the molecule is Cc1cc2cnn(-c3cnn(C)c3)c2cc1O.N#Cc1ccc2c(c1OC1COC1)CCCC2. The number of fused-ring (bicyclic) bond motifs is 2. The minimum absolute atomic E-state index is 0.135. The van der Waals surface area contributed by atoms with E-state index in [1.54, 1.807) is 27.8 Å². The van der Waals surface area contributed by atoms with Gasteiger partial charge in [0.05, 0.1) is 42.9 Å². The first kappa shape index (κ1) is 22.0. The van der Waals surface area contributed by atoms with Crippen LogP contribution in [0.3, 0.4) is 0 Å². The predicted molar refractivity (Wildman–Crippen MR) is 127 cm³/mol. The average Bonchev–Trinajstić information content (AvgIpc) is 3.42. The van der Waals surface area contributed by atoms with Crippen LogP contribution in [0.25, 0.3) is 16.6 Å². The Hall–Kier alpha value is -3.83. The van der Waals surface area contributed by atoms with Gasteiger partial charge in [-0.15, -0.1) is 0 Å². The van der Waals surface area contributed by atoms with Crippen LogP contribution in [0.4, 0.5) is 0 Å². The van der Waals surface area contributed by atoms with Gasteiger partial charge in [0.2, 0.25) is 0 Å². The van der Waals surface area contributed by atoms with E-state index in [0.29, 0.717) is 18.8 Å². The van der Waals surface area contributed by atoms with Gasteiger partial charge in [-0.25, -0.2) is 4.68 Å². The topological polar surface area (TPSA) is 98.1 Å². The van der Waals surface area contributed by atoms with Crippen LogP contribution in [0.1, 0.15) is 35.1 Å². The Morgan fingerprint density at radius 1 is 1.15 bits per heavy atom. The molecular weight excluding hydrogens is 430 g/mol. The van der Waals surface area contributed by atoms with Crippen LogP contribution in [0.2, 0.25) is 0 Å². The highest BCUT2D eigenvalue weighted by atomic mass is 16.6. The number of aromatic hydroxyl groups is 1. The van der Waals surface area contributed by atoms with Crippen LogP contribution < -0.4 is 4.74 Å². The molecule has 1 fully saturated rings. The van der Waals surface area contributed by atoms with Gasteiger partial charge in [0.15, 0.2) is 0 Å². The highest BCUT2D eigenvalue weighted by molar-refractivity contribution is 5.82. The van der Waals surface area contributed by atoms with Crippen molar-refractivity contribution < 1.29 is 14.6 Å². The second kappa shape index (κ2) is 9.20. The van der Waals surface area contributed by atoms with E-state index in [1.165, 1.54) is 24.0 Å². The molecule has 6 rings (SSSR count). The second-order valence-corrected chi connectivity index (χ2v) is 8.80. The fourth-order valence-electron chi connectivity index (χ4n) is 4.37. The molecule has 8 nitrogen and oxygen atoms in total. The van der Waals surface area contributed by atoms with E-state index in [2.05, 4.69) is 22.3 Å². The van der Waals surface area contributed by atoms with Gasteiger partial charge >= 0.3 is 0 Å². The number of phenols is 1. The molecule has 0 amide bonds. The third-order valence-electron chi connectivity index (χ3n) is 6.31. The molecule has 1 N–H and O–H groups in total. The maximum atomic E-state index is 9.75. The van der Waals surface area contributed by atoms with Gasteiger partial charge in [-0.1, -0.05) is 6.07 Å². The van der Waals surface area contributed by atoms with Gasteiger partial charge in [-0.3, -0.25) is 4.68 Å². The molecule has 174 valence electrons. The van der Waals surface area contributed by atoms with Crippen molar-refractivity contribution in [3.8, 4) is 23.3 Å². The van der Waals surface area contributed by atoms with Gasteiger partial charge in [-0.05, 0) is 61.4 Å². The molecule has 2 aromatic heterocycles. The molecular formula is C26H27N5O3. The average molecular weight is 458 g/mol. The molecule has 3 heterocycles. The van der Waals surface area contributed by atoms with Crippen molar-refractivity contribution in [2.24, 2.45) is 7.05 Å². The van der Waals surface area contributed by atoms with Crippen molar-refractivity contribution in [2.45, 2.75) is 38.7 Å². The van der Waals surface area contributed by atoms with Crippen LogP contribution in [-0.4, -0.2) is 44.0 Å². The summed E-state index contributed by atoms with van der Waals surface area (Å²) in [6, 6.07) is 9.85. The molecule has 2 aliphatic rings. The number of nitriles is 1. The van der Waals surface area contributed by atoms with Crippen molar-refractivity contribution in [3.63, 3.8) is 0 Å². The van der Waals surface area contributed by atoms with Crippen LogP contribution in [-0.2, 0) is 24.6 Å². The lowest BCUT2D eigenvalue weighted by Crippen LogP contribution is -2.39. The molecule has 0 spiro atoms. The van der Waals surface area contributed by atoms with Crippen LogP contribution in [0.5, 0.6) is 11.5 Å². The van der Waals surface area contributed by atoms with Crippen molar-refractivity contribution in [1.82, 2.24) is 19.6 Å². The fraction of sp³-hybridized carbons (Fsp3) is 0.346. The van der Waals surface area contributed by atoms with Crippen molar-refractivity contribution in [3.05, 3.63) is 65.1 Å². The third kappa shape index (κ3) is 4.22. The summed E-state index contributed by atoms with van der Waals surface area (Å²) in [5, 5.41) is 28.3. The molecule has 0 unspecified atom stereocenters. The summed E-state index contributed by atoms with van der Waals surface area (Å²) in [5.41, 5.74) is 5.88. The van der Waals surface area contributed by atoms with Gasteiger partial charge < -0.3 is 14.6 Å². The van der Waals surface area contributed by atoms with Crippen molar-refractivity contribution in [1.29, 1.82) is 5.26 Å². The van der Waals surface area contributed by atoms with Gasteiger partial charge in [0, 0.05) is 18.5 Å². The first-order valence-corrected chi connectivity index (χ1v) is 11.5. The highest BCUT2D eigenvalue weighted by Crippen LogP contribution is 2.34. The first-order chi connectivity index (χ1) is 16.5. The van der Waals surface area contributed by atoms with Crippen molar-refractivity contribution >= 4 is 10.9 Å². The monoisotopic (exact) mass is 457 g/mol. The molecule has 1 aliphatic heterocycles. The largest absolute Gasteiger partial charge is 0.508 e. The van der Waals surface area contributed by atoms with E-state index < -0.39 is 0 Å². The van der Waals surface area contributed by atoms with Crippen molar-refractivity contribution in [2.75, 3.05) is 13.2 Å². The predicted octanol–water partition coefficient (Wildman–Crippen LogP) is 3.99. The lowest BCUT2D eigenvalue weighted by atomic mass is 9.89. The Labute approximate surface area is 197 Å². The summed E-state index contributed by atoms with van der Waals surface area (Å²) in [4.78, 5) is 0. The Balaban J connectivity index is 0.000000142. The van der Waals surface area contributed by atoms with Gasteiger partial charge in [-0.2, -0.15) is 15.5 Å². The summed E-state index contributed by atoms with van der Waals surface area (Å²) in [7, 11) is 1.86. The van der Waals surface area contributed by atoms with Gasteiger partial charge in [0.1, 0.15) is 29.4 Å². The molecule has 0 bridgehead atoms. The van der Waals surface area contributed by atoms with E-state index >= 15 is 0 Å². The third-order valence-corrected chi connectivity index (χ3v) is 6.31. The van der Waals surface area contributed by atoms with E-state index in [-0.39, 0.29) is 11.9 Å². The smallest absolute Gasteiger partial charge is 0.145 e. The van der Waals surface area contributed by atoms with Crippen LogP contribution >= 0.6 is 0 Å². The number of aromatic nitrogens is 4. The van der Waals surface area contributed by atoms with Crippen LogP contribution in [0, 0.1) is 18.3 Å². The number of hydrogen-bond donors (Lipinski definition) is 1. The fourth-order valence-corrected chi connectivity index (χ4v) is 4.37. The zero-order chi connectivity index (χ0) is 23.7. The maximum absolute atomic E-state index is 9.75. The number of ether oxygens (including phenoxy) is 2. The molecule has 0 radical (unpaired) electrons. The Morgan fingerprint density at radius 3 is 2.68 bits per heavy atom. The Bertz CT molecular complexity index is 1380. The summed E-state index contributed by atoms with van der Waals surface area (Å²) >= 11 is 0. The molecule has 34 heavy (non-hydrogen) atoms. The molecule has 4 aromatic rings. The first-order valence-electron chi connectivity index (χ1n) is 11.5. The lowest BCUT2D eigenvalue weighted by Gasteiger charge is -2.29. The molecule has 2 aromatic carbocycles. The Kier molecular flexibility index (Phi) is 5.95. The molecule has 0 atom stereocenters. The minimum Gasteiger partial charge on any atom is -0.508 e. The van der Waals surface area contributed by atoms with E-state index in [9.17, 15) is 5.11 Å². The van der Waals surface area contributed by atoms with Gasteiger partial charge in [0.25, 0.3) is 0 Å². The zero-order valence-electron chi connectivity index (χ0n) is 19.4. The van der Waals surface area contributed by atoms with E-state index in [4.69, 9.17) is 14.7 Å². The number of benzene rings is 2. The molecule has 1 aliphatic carbocycles. The standard InChI is InChI=1S/C14H15NO2.C12H12N4O/c15-7-11-6-5-10-3-1-2-4-13(10)14(11)17-12-8-16-9-12;1-8-3-9-5-14-16(11(9)4-12(8)17)10-6-13-15(2)7-10/h5-6,12H,1-4,8-9H2;3-7,17H,1-2H3. The quantitative estimate of drug-likeness (QED) is 0.500. The normalized spacial score (nSPS) is 15.1. The number of phenolic OH excluding ortho intramolecular Hbond substituents is 1. The molecule has 0 saturated carbocycles. The summed E-state index contributed by atoms with van der Waals surface area (Å²) < 4.78 is 14.5. The second-order valence-electron chi connectivity index (χ2n) is 8.80. The summed E-state index contributed by atoms with van der Waals surface area (Å²) in [6.07, 6.45) is 10.1. The molecule has 8 heteroatoms. The van der Waals surface area contributed by atoms with Crippen LogP contribution in [0.15, 0.2) is 42.9 Å². The van der Waals surface area contributed by atoms with E-state index in [0.717, 1.165) is 40.7 Å². The highest BCUT2D eigenvalue weighted by Gasteiger charge is 2.25. The number of rotatable bonds is 3. The Morgan fingerprint density at radius 2 is 1.97 bits per heavy atom. The van der Waals surface area contributed by atoms with E-state index in [1.807, 2.05) is 32.3 Å². The number of nitrogens with zero attached hydrogens (tertiary/aromatic N) is 5. The number of hydrogen-bond acceptors (Lipinski definition) is 6. The molecule has 1 saturated heterocycles. The maximum Gasteiger partial charge on any atom is 0.145 e. The summed E-state index contributed by atoms with van der Waals surface area (Å²) in [6.45, 7) is 3.17. The number of aryl methyl sites for hydroxylation is 3. The minimum atomic E-state index is 0.135. The summed E-state index contributed by atoms with van der Waals surface area (Å²) in [5.74, 6) is 1.10. The lowest BCUT2D eigenvalue weighted by molar-refractivity contribution is -0.0801. The zero-order valence-corrected chi connectivity index (χ0v) is 19.4.